The van der Waals surface area contributed by atoms with E-state index < -0.39 is 27.8 Å². The van der Waals surface area contributed by atoms with Gasteiger partial charge in [0.2, 0.25) is 0 Å². The quantitative estimate of drug-likeness (QED) is 0.141. The Labute approximate surface area is 325 Å². The number of methoxy groups -OCH3 is 2. The minimum absolute atomic E-state index is 0.136. The lowest BCUT2D eigenvalue weighted by molar-refractivity contribution is -0.194. The first-order valence-electron chi connectivity index (χ1n) is 19.6. The fourth-order valence-electron chi connectivity index (χ4n) is 6.94. The number of hydrogen-bond acceptors (Lipinski definition) is 10. The minimum atomic E-state index is -0.598. The van der Waals surface area contributed by atoms with Crippen molar-refractivity contribution in [2.45, 2.75) is 126 Å². The van der Waals surface area contributed by atoms with Gasteiger partial charge in [0, 0.05) is 34.9 Å². The highest BCUT2D eigenvalue weighted by atomic mass is 16.7. The molecule has 2 aromatic carbocycles. The summed E-state index contributed by atoms with van der Waals surface area (Å²) in [6.07, 6.45) is 5.37. The number of carbonyl (C=O) groups excluding carboxylic acids is 1. The third-order valence-corrected chi connectivity index (χ3v) is 10.00. The second-order valence-electron chi connectivity index (χ2n) is 17.4. The standard InChI is InChI=1S/C22H36O5.C22H34O5/c2*1-21(2,15-25-14-17-9-8-10-18(13-17)24-5)20(23)22(3,4)16-27-19-11-6-7-12-26-19/h8-10,13,19-20,23H,6-7,11-12,14-16H2,1-5H3;8-10,13,19H,6-7,11-12,14-16H2,1-5H3. The average molecular weight is 759 g/mol. The molecule has 1 N–H and O–H groups in total. The Morgan fingerprint density at radius 3 is 1.57 bits per heavy atom. The first kappa shape index (κ1) is 45.8. The number of Topliss-reactive ketones (excluding diaryl/α,β-unsaturated/α-hetero) is 1. The summed E-state index contributed by atoms with van der Waals surface area (Å²) >= 11 is 0. The van der Waals surface area contributed by atoms with Crippen LogP contribution in [-0.2, 0) is 46.4 Å². The van der Waals surface area contributed by atoms with Gasteiger partial charge < -0.3 is 43.0 Å². The molecular formula is C44H70O10. The number of hydrogen-bond donors (Lipinski definition) is 1. The van der Waals surface area contributed by atoms with E-state index in [0.717, 1.165) is 74.4 Å². The molecule has 306 valence electrons. The van der Waals surface area contributed by atoms with E-state index in [-0.39, 0.29) is 18.4 Å². The molecule has 2 heterocycles. The van der Waals surface area contributed by atoms with Gasteiger partial charge in [0.1, 0.15) is 17.3 Å². The number of ketones is 1. The predicted molar refractivity (Wildman–Crippen MR) is 211 cm³/mol. The van der Waals surface area contributed by atoms with Crippen LogP contribution in [-0.4, -0.2) is 83.4 Å². The summed E-state index contributed by atoms with van der Waals surface area (Å²) in [7, 11) is 3.30. The molecule has 0 radical (unpaired) electrons. The van der Waals surface area contributed by atoms with Crippen LogP contribution < -0.4 is 9.47 Å². The number of aliphatic hydroxyl groups is 1. The molecule has 0 bridgehead atoms. The monoisotopic (exact) mass is 758 g/mol. The van der Waals surface area contributed by atoms with E-state index in [9.17, 15) is 9.90 Å². The fourth-order valence-corrected chi connectivity index (χ4v) is 6.94. The van der Waals surface area contributed by atoms with Crippen LogP contribution in [0.4, 0.5) is 0 Å². The summed E-state index contributed by atoms with van der Waals surface area (Å²) in [6.45, 7) is 19.9. The maximum Gasteiger partial charge on any atom is 0.157 e. The first-order chi connectivity index (χ1) is 25.5. The van der Waals surface area contributed by atoms with Gasteiger partial charge in [0.05, 0.1) is 60.0 Å². The summed E-state index contributed by atoms with van der Waals surface area (Å²) in [5.74, 6) is 1.75. The SMILES string of the molecule is COc1cccc(COCC(C)(C)C(=O)C(C)(C)COC2CCCCO2)c1.COc1cccc(COCC(C)(C)C(O)C(C)(C)COC2CCCCO2)c1. The zero-order chi connectivity index (χ0) is 39.8. The molecule has 54 heavy (non-hydrogen) atoms. The summed E-state index contributed by atoms with van der Waals surface area (Å²) in [4.78, 5) is 13.1. The molecule has 10 nitrogen and oxygen atoms in total. The van der Waals surface area contributed by atoms with Crippen molar-refractivity contribution in [3.63, 3.8) is 0 Å². The van der Waals surface area contributed by atoms with Gasteiger partial charge >= 0.3 is 0 Å². The fraction of sp³-hybridized carbons (Fsp3) is 0.705. The maximum absolute atomic E-state index is 13.1. The summed E-state index contributed by atoms with van der Waals surface area (Å²) in [6, 6.07) is 15.6. The van der Waals surface area contributed by atoms with E-state index in [1.54, 1.807) is 14.2 Å². The second-order valence-corrected chi connectivity index (χ2v) is 17.4. The van der Waals surface area contributed by atoms with Crippen LogP contribution in [0.25, 0.3) is 0 Å². The smallest absolute Gasteiger partial charge is 0.157 e. The maximum atomic E-state index is 13.1. The minimum Gasteiger partial charge on any atom is -0.497 e. The number of ether oxygens (including phenoxy) is 8. The van der Waals surface area contributed by atoms with E-state index in [1.807, 2.05) is 104 Å². The van der Waals surface area contributed by atoms with Crippen molar-refractivity contribution < 1.29 is 47.8 Å². The average Bonchev–Trinajstić information content (AvgIpc) is 3.17. The van der Waals surface area contributed by atoms with Crippen molar-refractivity contribution in [3.8, 4) is 11.5 Å². The Bertz CT molecular complexity index is 1370. The van der Waals surface area contributed by atoms with Gasteiger partial charge in [-0.3, -0.25) is 4.79 Å². The molecule has 3 atom stereocenters. The zero-order valence-electron chi connectivity index (χ0n) is 34.9. The van der Waals surface area contributed by atoms with E-state index in [0.29, 0.717) is 39.6 Å². The van der Waals surface area contributed by atoms with Crippen LogP contribution in [0.1, 0.15) is 105 Å². The van der Waals surface area contributed by atoms with Gasteiger partial charge in [-0.25, -0.2) is 0 Å². The van der Waals surface area contributed by atoms with Crippen molar-refractivity contribution in [2.75, 3.05) is 53.9 Å². The van der Waals surface area contributed by atoms with Crippen LogP contribution in [0.3, 0.4) is 0 Å². The third-order valence-electron chi connectivity index (χ3n) is 10.00. The highest BCUT2D eigenvalue weighted by Crippen LogP contribution is 2.36. The van der Waals surface area contributed by atoms with Crippen molar-refractivity contribution in [3.05, 3.63) is 59.7 Å². The molecule has 10 heteroatoms. The van der Waals surface area contributed by atoms with E-state index in [4.69, 9.17) is 37.9 Å². The van der Waals surface area contributed by atoms with Crippen molar-refractivity contribution in [1.82, 2.24) is 0 Å². The van der Waals surface area contributed by atoms with Crippen LogP contribution in [0.5, 0.6) is 11.5 Å². The van der Waals surface area contributed by atoms with Crippen LogP contribution >= 0.6 is 0 Å². The molecule has 0 amide bonds. The van der Waals surface area contributed by atoms with E-state index >= 15 is 0 Å². The largest absolute Gasteiger partial charge is 0.497 e. The molecule has 3 unspecified atom stereocenters. The summed E-state index contributed by atoms with van der Waals surface area (Å²) < 4.78 is 45.3. The third kappa shape index (κ3) is 15.2. The predicted octanol–water partition coefficient (Wildman–Crippen LogP) is 8.54. The molecule has 2 aliphatic heterocycles. The van der Waals surface area contributed by atoms with E-state index in [1.165, 1.54) is 0 Å². The Balaban J connectivity index is 0.000000290. The zero-order valence-corrected chi connectivity index (χ0v) is 34.9. The highest BCUT2D eigenvalue weighted by molar-refractivity contribution is 5.89. The molecule has 2 aliphatic rings. The van der Waals surface area contributed by atoms with Gasteiger partial charge in [0.15, 0.2) is 12.6 Å². The number of benzene rings is 2. The lowest BCUT2D eigenvalue weighted by atomic mass is 9.73. The number of carbonyl (C=O) groups is 1. The molecule has 0 saturated carbocycles. The van der Waals surface area contributed by atoms with Gasteiger partial charge in [-0.15, -0.1) is 0 Å². The van der Waals surface area contributed by atoms with Crippen LogP contribution in [0, 0.1) is 21.7 Å². The Kier molecular flexibility index (Phi) is 18.4. The van der Waals surface area contributed by atoms with Crippen LogP contribution in [0.2, 0.25) is 0 Å². The Morgan fingerprint density at radius 2 is 1.11 bits per heavy atom. The molecule has 0 aliphatic carbocycles. The number of rotatable bonds is 20. The van der Waals surface area contributed by atoms with Gasteiger partial charge in [-0.1, -0.05) is 79.7 Å². The Morgan fingerprint density at radius 1 is 0.667 bits per heavy atom. The second kappa shape index (κ2) is 21.7. The molecule has 0 aromatic heterocycles. The van der Waals surface area contributed by atoms with Gasteiger partial charge in [-0.2, -0.15) is 0 Å². The normalized spacial score (nSPS) is 19.0. The Hall–Kier alpha value is -2.57. The van der Waals surface area contributed by atoms with Crippen molar-refractivity contribution in [2.24, 2.45) is 21.7 Å². The molecular weight excluding hydrogens is 688 g/mol. The molecule has 2 saturated heterocycles. The van der Waals surface area contributed by atoms with Crippen molar-refractivity contribution in [1.29, 1.82) is 0 Å². The number of aliphatic hydroxyl groups excluding tert-OH is 1. The van der Waals surface area contributed by atoms with E-state index in [2.05, 4.69) is 0 Å². The lowest BCUT2D eigenvalue weighted by Gasteiger charge is -2.41. The summed E-state index contributed by atoms with van der Waals surface area (Å²) in [5, 5.41) is 11.0. The molecule has 0 spiro atoms. The lowest BCUT2D eigenvalue weighted by Crippen LogP contribution is -2.47. The first-order valence-corrected chi connectivity index (χ1v) is 19.6. The summed E-state index contributed by atoms with van der Waals surface area (Å²) in [5.41, 5.74) is 0.0808. The highest BCUT2D eigenvalue weighted by Gasteiger charge is 2.41. The van der Waals surface area contributed by atoms with Gasteiger partial charge in [-0.05, 0) is 73.9 Å². The van der Waals surface area contributed by atoms with Gasteiger partial charge in [0.25, 0.3) is 0 Å². The topological polar surface area (TPSA) is 111 Å². The molecule has 2 fully saturated rings. The van der Waals surface area contributed by atoms with Crippen LogP contribution in [0.15, 0.2) is 48.5 Å². The van der Waals surface area contributed by atoms with Crippen molar-refractivity contribution >= 4 is 5.78 Å². The molecule has 4 rings (SSSR count). The molecule has 2 aromatic rings.